The lowest BCUT2D eigenvalue weighted by Gasteiger charge is -2.35. The lowest BCUT2D eigenvalue weighted by atomic mass is 10.2. The van der Waals surface area contributed by atoms with Crippen LogP contribution in [-0.2, 0) is 14.8 Å². The number of carbonyl (C=O) groups excluding carboxylic acids is 2. The normalized spacial score (nSPS) is 15.7. The predicted octanol–water partition coefficient (Wildman–Crippen LogP) is 2.06. The van der Waals surface area contributed by atoms with E-state index in [1.54, 1.807) is 48.2 Å². The summed E-state index contributed by atoms with van der Waals surface area (Å²) in [6.45, 7) is 3.77. The van der Waals surface area contributed by atoms with E-state index in [9.17, 15) is 18.0 Å². The highest BCUT2D eigenvalue weighted by molar-refractivity contribution is 7.89. The van der Waals surface area contributed by atoms with Crippen molar-refractivity contribution in [2.24, 2.45) is 0 Å². The molecule has 162 valence electrons. The van der Waals surface area contributed by atoms with Gasteiger partial charge in [-0.15, -0.1) is 0 Å². The number of carbonyl (C=O) groups is 2. The second-order valence-corrected chi connectivity index (χ2v) is 9.15. The van der Waals surface area contributed by atoms with Crippen molar-refractivity contribution in [3.63, 3.8) is 0 Å². The van der Waals surface area contributed by atoms with E-state index < -0.39 is 16.1 Å². The molecule has 1 aliphatic heterocycles. The average Bonchev–Trinajstić information content (AvgIpc) is 2.78. The number of amides is 1. The number of Topliss-reactive ketones (excluding diaryl/α,β-unsaturated/α-hetero) is 1. The van der Waals surface area contributed by atoms with E-state index in [0.29, 0.717) is 16.9 Å². The molecule has 31 heavy (non-hydrogen) atoms. The molecule has 0 N–H and O–H groups in total. The molecule has 1 heterocycles. The van der Waals surface area contributed by atoms with Crippen molar-refractivity contribution in [3.05, 3.63) is 59.7 Å². The third kappa shape index (κ3) is 5.10. The summed E-state index contributed by atoms with van der Waals surface area (Å²) in [6.07, 6.45) is -0.774. The van der Waals surface area contributed by atoms with Crippen molar-refractivity contribution in [1.29, 1.82) is 5.26 Å². The molecule has 0 bridgehead atoms. The van der Waals surface area contributed by atoms with Crippen molar-refractivity contribution >= 4 is 21.7 Å². The van der Waals surface area contributed by atoms with Crippen LogP contribution >= 0.6 is 0 Å². The van der Waals surface area contributed by atoms with Crippen molar-refractivity contribution in [3.8, 4) is 11.8 Å². The molecule has 1 amide bonds. The molecular weight excluding hydrogens is 418 g/mol. The fourth-order valence-electron chi connectivity index (χ4n) is 3.32. The van der Waals surface area contributed by atoms with E-state index in [2.05, 4.69) is 0 Å². The Kier molecular flexibility index (Phi) is 6.73. The Bertz CT molecular complexity index is 1130. The van der Waals surface area contributed by atoms with Crippen LogP contribution in [0, 0.1) is 11.3 Å². The monoisotopic (exact) mass is 441 g/mol. The number of sulfonamides is 1. The third-order valence-corrected chi connectivity index (χ3v) is 6.95. The van der Waals surface area contributed by atoms with Gasteiger partial charge in [0.2, 0.25) is 10.0 Å². The van der Waals surface area contributed by atoms with Crippen molar-refractivity contribution in [2.45, 2.75) is 24.8 Å². The molecule has 0 radical (unpaired) electrons. The number of piperazine rings is 1. The topological polar surface area (TPSA) is 108 Å². The summed E-state index contributed by atoms with van der Waals surface area (Å²) in [7, 11) is -3.76. The third-order valence-electron chi connectivity index (χ3n) is 5.05. The maximum atomic E-state index is 12.9. The van der Waals surface area contributed by atoms with Gasteiger partial charge in [0.05, 0.1) is 16.5 Å². The Hall–Kier alpha value is -3.22. The molecule has 0 spiro atoms. The Balaban J connectivity index is 1.63. The summed E-state index contributed by atoms with van der Waals surface area (Å²) in [6, 6.07) is 14.5. The first-order valence-corrected chi connectivity index (χ1v) is 11.2. The molecule has 1 saturated heterocycles. The van der Waals surface area contributed by atoms with Crippen molar-refractivity contribution in [2.75, 3.05) is 26.2 Å². The van der Waals surface area contributed by atoms with Crippen molar-refractivity contribution < 1.29 is 22.7 Å². The summed E-state index contributed by atoms with van der Waals surface area (Å²) in [5.74, 6) is -0.0359. The molecule has 1 unspecified atom stereocenters. The minimum atomic E-state index is -3.76. The van der Waals surface area contributed by atoms with Crippen LogP contribution in [0.1, 0.15) is 29.8 Å². The van der Waals surface area contributed by atoms with Gasteiger partial charge in [-0.05, 0) is 44.2 Å². The quantitative estimate of drug-likeness (QED) is 0.635. The van der Waals surface area contributed by atoms with E-state index in [4.69, 9.17) is 10.00 Å². The SMILES string of the molecule is CC(=O)c1cccc(S(=O)(=O)N2CCN(C(=O)C(C)Oc3cccc(C#N)c3)CC2)c1. The highest BCUT2D eigenvalue weighted by Gasteiger charge is 2.32. The fourth-order valence-corrected chi connectivity index (χ4v) is 4.79. The molecule has 8 nitrogen and oxygen atoms in total. The summed E-state index contributed by atoms with van der Waals surface area (Å²) in [5, 5.41) is 8.97. The van der Waals surface area contributed by atoms with Crippen LogP contribution in [0.15, 0.2) is 53.4 Å². The van der Waals surface area contributed by atoms with Gasteiger partial charge >= 0.3 is 0 Å². The number of ketones is 1. The summed E-state index contributed by atoms with van der Waals surface area (Å²) in [4.78, 5) is 25.9. The molecule has 0 aromatic heterocycles. The molecule has 2 aromatic carbocycles. The predicted molar refractivity (Wildman–Crippen MR) is 113 cm³/mol. The minimum Gasteiger partial charge on any atom is -0.481 e. The summed E-state index contributed by atoms with van der Waals surface area (Å²) in [5.41, 5.74) is 0.770. The molecule has 9 heteroatoms. The lowest BCUT2D eigenvalue weighted by molar-refractivity contribution is -0.139. The second-order valence-electron chi connectivity index (χ2n) is 7.21. The van der Waals surface area contributed by atoms with Crippen LogP contribution in [0.2, 0.25) is 0 Å². The van der Waals surface area contributed by atoms with Gasteiger partial charge in [-0.1, -0.05) is 18.2 Å². The van der Waals surface area contributed by atoms with E-state index in [1.165, 1.54) is 23.4 Å². The van der Waals surface area contributed by atoms with E-state index in [-0.39, 0.29) is 42.8 Å². The number of ether oxygens (including phenoxy) is 1. The maximum absolute atomic E-state index is 12.9. The molecule has 1 aliphatic rings. The highest BCUT2D eigenvalue weighted by atomic mass is 32.2. The number of hydrogen-bond donors (Lipinski definition) is 0. The van der Waals surface area contributed by atoms with Crippen molar-refractivity contribution in [1.82, 2.24) is 9.21 Å². The molecule has 0 saturated carbocycles. The zero-order valence-corrected chi connectivity index (χ0v) is 18.1. The molecule has 3 rings (SSSR count). The van der Waals surface area contributed by atoms with Crippen LogP contribution in [0.5, 0.6) is 5.75 Å². The minimum absolute atomic E-state index is 0.0639. The van der Waals surface area contributed by atoms with E-state index in [0.717, 1.165) is 0 Å². The summed E-state index contributed by atoms with van der Waals surface area (Å²) >= 11 is 0. The number of nitriles is 1. The number of nitrogens with zero attached hydrogens (tertiary/aromatic N) is 3. The Morgan fingerprint density at radius 1 is 1.06 bits per heavy atom. The van der Waals surface area contributed by atoms with Gasteiger partial charge in [-0.2, -0.15) is 9.57 Å². The molecule has 1 fully saturated rings. The molecular formula is C22H23N3O5S. The van der Waals surface area contributed by atoms with Crippen LogP contribution in [-0.4, -0.2) is 61.6 Å². The van der Waals surface area contributed by atoms with E-state index >= 15 is 0 Å². The Morgan fingerprint density at radius 3 is 2.39 bits per heavy atom. The van der Waals surface area contributed by atoms with Gasteiger partial charge in [-0.3, -0.25) is 9.59 Å². The largest absolute Gasteiger partial charge is 0.481 e. The van der Waals surface area contributed by atoms with Crippen LogP contribution < -0.4 is 4.74 Å². The number of rotatable bonds is 6. The number of benzene rings is 2. The molecule has 2 aromatic rings. The first-order valence-electron chi connectivity index (χ1n) is 9.79. The summed E-state index contributed by atoms with van der Waals surface area (Å²) < 4.78 is 32.9. The zero-order valence-electron chi connectivity index (χ0n) is 17.3. The molecule has 0 aliphatic carbocycles. The average molecular weight is 442 g/mol. The van der Waals surface area contributed by atoms with Crippen LogP contribution in [0.25, 0.3) is 0 Å². The van der Waals surface area contributed by atoms with Gasteiger partial charge in [-0.25, -0.2) is 8.42 Å². The zero-order chi connectivity index (χ0) is 22.6. The first kappa shape index (κ1) is 22.5. The smallest absolute Gasteiger partial charge is 0.263 e. The van der Waals surface area contributed by atoms with Gasteiger partial charge < -0.3 is 9.64 Å². The van der Waals surface area contributed by atoms with Gasteiger partial charge in [0.15, 0.2) is 11.9 Å². The second kappa shape index (κ2) is 9.29. The van der Waals surface area contributed by atoms with Crippen LogP contribution in [0.3, 0.4) is 0 Å². The van der Waals surface area contributed by atoms with Gasteiger partial charge in [0.25, 0.3) is 5.91 Å². The van der Waals surface area contributed by atoms with Gasteiger partial charge in [0.1, 0.15) is 5.75 Å². The van der Waals surface area contributed by atoms with Gasteiger partial charge in [0, 0.05) is 31.7 Å². The maximum Gasteiger partial charge on any atom is 0.263 e. The highest BCUT2D eigenvalue weighted by Crippen LogP contribution is 2.20. The lowest BCUT2D eigenvalue weighted by Crippen LogP contribution is -2.53. The first-order chi connectivity index (χ1) is 14.7. The standard InChI is InChI=1S/C22H23N3O5S/c1-16(26)19-6-4-8-21(14-19)31(28,29)25-11-9-24(10-12-25)22(27)17(2)30-20-7-3-5-18(13-20)15-23/h3-8,13-14,17H,9-12H2,1-2H3. The number of hydrogen-bond acceptors (Lipinski definition) is 6. The Labute approximate surface area is 181 Å². The van der Waals surface area contributed by atoms with E-state index in [1.807, 2.05) is 6.07 Å². The van der Waals surface area contributed by atoms with Crippen LogP contribution in [0.4, 0.5) is 0 Å². The molecule has 1 atom stereocenters. The Morgan fingerprint density at radius 2 is 1.74 bits per heavy atom. The fraction of sp³-hybridized carbons (Fsp3) is 0.318.